The second kappa shape index (κ2) is 11.0. The summed E-state index contributed by atoms with van der Waals surface area (Å²) in [6.45, 7) is 0.799. The molecule has 1 aromatic rings. The van der Waals surface area contributed by atoms with E-state index in [9.17, 15) is 19.7 Å². The highest BCUT2D eigenvalue weighted by molar-refractivity contribution is 5.88. The maximum absolute atomic E-state index is 12.6. The molecule has 1 fully saturated rings. The van der Waals surface area contributed by atoms with Crippen LogP contribution in [-0.4, -0.2) is 52.9 Å². The molecule has 1 amide bonds. The lowest BCUT2D eigenvalue weighted by atomic mass is 10.1. The van der Waals surface area contributed by atoms with E-state index in [0.717, 1.165) is 5.56 Å². The van der Waals surface area contributed by atoms with Gasteiger partial charge in [0, 0.05) is 13.1 Å². The van der Waals surface area contributed by atoms with Crippen molar-refractivity contribution in [2.24, 2.45) is 16.5 Å². The zero-order valence-electron chi connectivity index (χ0n) is 16.0. The van der Waals surface area contributed by atoms with Gasteiger partial charge in [-0.05, 0) is 31.2 Å². The molecule has 2 atom stereocenters. The van der Waals surface area contributed by atoms with Crippen LogP contribution in [0.2, 0.25) is 0 Å². The van der Waals surface area contributed by atoms with Crippen molar-refractivity contribution >= 4 is 17.8 Å². The number of likely N-dealkylation sites (tertiary alicyclic amines) is 1. The molecule has 158 valence electrons. The van der Waals surface area contributed by atoms with E-state index in [0.29, 0.717) is 32.2 Å². The number of hydrazine groups is 1. The number of ether oxygens (including phenoxy) is 1. The second-order valence-electron chi connectivity index (χ2n) is 6.67. The number of benzene rings is 1. The van der Waals surface area contributed by atoms with Crippen LogP contribution in [0.4, 0.5) is 0 Å². The van der Waals surface area contributed by atoms with Gasteiger partial charge in [-0.15, -0.1) is 0 Å². The first-order chi connectivity index (χ1) is 13.9. The number of nitro groups is 1. The second-order valence-corrected chi connectivity index (χ2v) is 6.67. The Hall–Kier alpha value is -3.21. The van der Waals surface area contributed by atoms with Crippen molar-refractivity contribution in [1.29, 1.82) is 0 Å². The topological polar surface area (TPSA) is 166 Å². The molecule has 2 rings (SSSR count). The van der Waals surface area contributed by atoms with E-state index in [1.165, 1.54) is 4.90 Å². The monoisotopic (exact) mass is 406 g/mol. The summed E-state index contributed by atoms with van der Waals surface area (Å²) in [4.78, 5) is 40.5. The van der Waals surface area contributed by atoms with Crippen LogP contribution in [-0.2, 0) is 20.9 Å². The normalized spacial score (nSPS) is 17.6. The predicted octanol–water partition coefficient (Wildman–Crippen LogP) is -0.0757. The first kappa shape index (κ1) is 22.1. The minimum Gasteiger partial charge on any atom is -0.459 e. The van der Waals surface area contributed by atoms with Crippen LogP contribution in [0.3, 0.4) is 0 Å². The molecule has 0 radical (unpaired) electrons. The van der Waals surface area contributed by atoms with E-state index in [2.05, 4.69) is 4.99 Å². The number of carbonyl (C=O) groups excluding carboxylic acids is 2. The van der Waals surface area contributed by atoms with E-state index >= 15 is 0 Å². The summed E-state index contributed by atoms with van der Waals surface area (Å²) >= 11 is 0. The number of esters is 1. The van der Waals surface area contributed by atoms with Crippen molar-refractivity contribution < 1.29 is 19.4 Å². The van der Waals surface area contributed by atoms with Crippen LogP contribution in [0.15, 0.2) is 35.3 Å². The number of aliphatic imine (C=N–C) groups is 1. The molecule has 0 unspecified atom stereocenters. The molecule has 5 N–H and O–H groups in total. The number of amides is 1. The largest absolute Gasteiger partial charge is 0.459 e. The molecular weight excluding hydrogens is 380 g/mol. The van der Waals surface area contributed by atoms with Gasteiger partial charge in [-0.3, -0.25) is 4.79 Å². The van der Waals surface area contributed by atoms with Crippen molar-refractivity contribution in [3.05, 3.63) is 46.0 Å². The molecular formula is C18H26N6O5. The highest BCUT2D eigenvalue weighted by Crippen LogP contribution is 2.20. The van der Waals surface area contributed by atoms with Gasteiger partial charge in [0.05, 0.1) is 6.04 Å². The SMILES string of the molecule is NC(=NCCC[C@H](N)C(=O)N1CCC[C@H]1C(=O)OCc1ccccc1)N[N+](=O)[O-]. The molecule has 1 saturated heterocycles. The van der Waals surface area contributed by atoms with Crippen LogP contribution in [0.1, 0.15) is 31.2 Å². The number of nitrogens with zero attached hydrogens (tertiary/aromatic N) is 3. The minimum atomic E-state index is -0.807. The smallest absolute Gasteiger partial charge is 0.329 e. The molecule has 11 heteroatoms. The van der Waals surface area contributed by atoms with Gasteiger partial charge in [0.25, 0.3) is 5.96 Å². The lowest BCUT2D eigenvalue weighted by molar-refractivity contribution is -0.525. The summed E-state index contributed by atoms with van der Waals surface area (Å²) in [5.74, 6) is -1.06. The summed E-state index contributed by atoms with van der Waals surface area (Å²) in [6, 6.07) is 7.89. The molecule has 11 nitrogen and oxygen atoms in total. The standard InChI is InChI=1S/C18H26N6O5/c19-14(8-4-10-21-18(20)22-24(27)28)16(25)23-11-5-9-15(23)17(26)29-12-13-6-2-1-3-7-13/h1-3,6-7,14-15H,4-5,8-12,19H2,(H3,20,21,22)/t14-,15-/m0/s1. The van der Waals surface area contributed by atoms with Crippen LogP contribution in [0, 0.1) is 10.1 Å². The highest BCUT2D eigenvalue weighted by atomic mass is 16.7. The third-order valence-electron chi connectivity index (χ3n) is 4.51. The van der Waals surface area contributed by atoms with Crippen LogP contribution >= 0.6 is 0 Å². The molecule has 0 aliphatic carbocycles. The number of hydrogen-bond acceptors (Lipinski definition) is 7. The quantitative estimate of drug-likeness (QED) is 0.128. The molecule has 1 aliphatic rings. The van der Waals surface area contributed by atoms with Gasteiger partial charge in [-0.2, -0.15) is 0 Å². The van der Waals surface area contributed by atoms with Crippen molar-refractivity contribution in [2.45, 2.75) is 44.4 Å². The van der Waals surface area contributed by atoms with Gasteiger partial charge in [0.1, 0.15) is 12.6 Å². The van der Waals surface area contributed by atoms with E-state index in [1.54, 1.807) is 5.43 Å². The van der Waals surface area contributed by atoms with E-state index in [1.807, 2.05) is 30.3 Å². The lowest BCUT2D eigenvalue weighted by Crippen LogP contribution is -2.48. The fraction of sp³-hybridized carbons (Fsp3) is 0.500. The maximum Gasteiger partial charge on any atom is 0.329 e. The van der Waals surface area contributed by atoms with E-state index < -0.39 is 23.1 Å². The molecule has 0 saturated carbocycles. The Labute approximate surface area is 168 Å². The van der Waals surface area contributed by atoms with Crippen molar-refractivity contribution in [3.63, 3.8) is 0 Å². The molecule has 1 heterocycles. The summed E-state index contributed by atoms with van der Waals surface area (Å²) in [5, 5.41) is 9.42. The number of hydrogen-bond donors (Lipinski definition) is 3. The first-order valence-electron chi connectivity index (χ1n) is 9.36. The van der Waals surface area contributed by atoms with Crippen molar-refractivity contribution in [3.8, 4) is 0 Å². The fourth-order valence-corrected chi connectivity index (χ4v) is 3.08. The Bertz CT molecular complexity index is 742. The first-order valence-corrected chi connectivity index (χ1v) is 9.36. The van der Waals surface area contributed by atoms with Gasteiger partial charge in [-0.25, -0.2) is 19.9 Å². The minimum absolute atomic E-state index is 0.155. The van der Waals surface area contributed by atoms with Crippen LogP contribution in [0.5, 0.6) is 0 Å². The molecule has 1 aromatic carbocycles. The molecule has 0 aromatic heterocycles. The van der Waals surface area contributed by atoms with Gasteiger partial charge >= 0.3 is 5.97 Å². The third-order valence-corrected chi connectivity index (χ3v) is 4.51. The Balaban J connectivity index is 1.80. The summed E-state index contributed by atoms with van der Waals surface area (Å²) in [5.41, 5.74) is 13.9. The van der Waals surface area contributed by atoms with Crippen molar-refractivity contribution in [2.75, 3.05) is 13.1 Å². The Morgan fingerprint density at radius 1 is 1.38 bits per heavy atom. The van der Waals surface area contributed by atoms with Gasteiger partial charge in [0.15, 0.2) is 5.03 Å². The average molecular weight is 406 g/mol. The number of rotatable bonds is 9. The molecule has 29 heavy (non-hydrogen) atoms. The fourth-order valence-electron chi connectivity index (χ4n) is 3.08. The van der Waals surface area contributed by atoms with Gasteiger partial charge < -0.3 is 21.1 Å². The van der Waals surface area contributed by atoms with E-state index in [-0.39, 0.29) is 25.0 Å². The number of carbonyl (C=O) groups is 2. The number of nitrogens with two attached hydrogens (primary N) is 2. The Morgan fingerprint density at radius 2 is 2.10 bits per heavy atom. The predicted molar refractivity (Wildman–Crippen MR) is 105 cm³/mol. The maximum atomic E-state index is 12.6. The van der Waals surface area contributed by atoms with Gasteiger partial charge in [0.2, 0.25) is 5.91 Å². The molecule has 0 bridgehead atoms. The third kappa shape index (κ3) is 7.03. The van der Waals surface area contributed by atoms with E-state index in [4.69, 9.17) is 16.2 Å². The lowest BCUT2D eigenvalue weighted by Gasteiger charge is -2.26. The van der Waals surface area contributed by atoms with Crippen LogP contribution in [0.25, 0.3) is 0 Å². The zero-order chi connectivity index (χ0) is 21.2. The average Bonchev–Trinajstić information content (AvgIpc) is 3.18. The van der Waals surface area contributed by atoms with Crippen LogP contribution < -0.4 is 16.9 Å². The summed E-state index contributed by atoms with van der Waals surface area (Å²) in [7, 11) is 0. The molecule has 0 spiro atoms. The van der Waals surface area contributed by atoms with Crippen molar-refractivity contribution in [1.82, 2.24) is 10.3 Å². The summed E-state index contributed by atoms with van der Waals surface area (Å²) < 4.78 is 5.36. The molecule has 1 aliphatic heterocycles. The number of nitrogens with one attached hydrogen (secondary N) is 1. The number of guanidine groups is 1. The Kier molecular flexibility index (Phi) is 8.34. The van der Waals surface area contributed by atoms with Gasteiger partial charge in [-0.1, -0.05) is 35.8 Å². The highest BCUT2D eigenvalue weighted by Gasteiger charge is 2.37. The zero-order valence-corrected chi connectivity index (χ0v) is 16.0. The Morgan fingerprint density at radius 3 is 2.79 bits per heavy atom. The summed E-state index contributed by atoms with van der Waals surface area (Å²) in [6.07, 6.45) is 1.98.